The number of aryl methyl sites for hydroxylation is 1. The zero-order chi connectivity index (χ0) is 23.0. The Balaban J connectivity index is 1.35. The predicted molar refractivity (Wildman–Crippen MR) is 124 cm³/mol. The number of piperidine rings is 1. The summed E-state index contributed by atoms with van der Waals surface area (Å²) in [5.74, 6) is 2.84. The van der Waals surface area contributed by atoms with E-state index >= 15 is 0 Å². The first kappa shape index (κ1) is 22.3. The maximum Gasteiger partial charge on any atom is 0.404 e. The van der Waals surface area contributed by atoms with Crippen LogP contribution in [0.5, 0.6) is 0 Å². The average Bonchev–Trinajstić information content (AvgIpc) is 3.17. The third kappa shape index (κ3) is 4.61. The Bertz CT molecular complexity index is 1070. The van der Waals surface area contributed by atoms with Crippen LogP contribution < -0.4 is 16.0 Å². The van der Waals surface area contributed by atoms with Crippen LogP contribution in [0.15, 0.2) is 17.3 Å². The van der Waals surface area contributed by atoms with Crippen LogP contribution in [0.4, 0.5) is 16.6 Å². The summed E-state index contributed by atoms with van der Waals surface area (Å²) in [5.41, 5.74) is 5.58. The summed E-state index contributed by atoms with van der Waals surface area (Å²) in [6, 6.07) is 0. The lowest BCUT2D eigenvalue weighted by Gasteiger charge is -2.42. The molecule has 2 aromatic heterocycles. The standard InChI is InChI=1S/C21H26ClN7O3S/c22-14-10-24-17(25-11-14)13-2-7-29(8-3-13)20-26-15-4-9-33(31)16(15)18(27-20)28-21(5-1-6-21)12-32-19(23)30/h10-11,13H,1-9,12H2,(H2,23,30)(H,26,27,28)/t33-/m1/s1. The zero-order valence-electron chi connectivity index (χ0n) is 18.1. The van der Waals surface area contributed by atoms with Crippen LogP contribution >= 0.6 is 11.6 Å². The molecule has 1 saturated carbocycles. The third-order valence-corrected chi connectivity index (χ3v) is 8.30. The molecule has 0 aromatic carbocycles. The van der Waals surface area contributed by atoms with E-state index in [1.807, 2.05) is 0 Å². The van der Waals surface area contributed by atoms with E-state index in [2.05, 4.69) is 20.2 Å². The van der Waals surface area contributed by atoms with Gasteiger partial charge in [0, 0.05) is 43.6 Å². The number of hydrogen-bond acceptors (Lipinski definition) is 9. The molecule has 12 heteroatoms. The number of nitrogens with one attached hydrogen (secondary N) is 1. The Morgan fingerprint density at radius 1 is 1.27 bits per heavy atom. The largest absolute Gasteiger partial charge is 0.447 e. The van der Waals surface area contributed by atoms with Gasteiger partial charge in [-0.2, -0.15) is 4.98 Å². The second-order valence-electron chi connectivity index (χ2n) is 8.84. The zero-order valence-corrected chi connectivity index (χ0v) is 19.7. The Labute approximate surface area is 199 Å². The van der Waals surface area contributed by atoms with Crippen LogP contribution in [-0.2, 0) is 22.0 Å². The monoisotopic (exact) mass is 491 g/mol. The Hall–Kier alpha value is -2.53. The molecule has 10 nitrogen and oxygen atoms in total. The fourth-order valence-electron chi connectivity index (χ4n) is 4.65. The van der Waals surface area contributed by atoms with Gasteiger partial charge in [0.05, 0.1) is 27.1 Å². The van der Waals surface area contributed by atoms with Crippen molar-refractivity contribution in [3.63, 3.8) is 0 Å². The lowest BCUT2D eigenvalue weighted by atomic mass is 9.77. The van der Waals surface area contributed by atoms with Gasteiger partial charge in [0.1, 0.15) is 23.1 Å². The first-order chi connectivity index (χ1) is 15.9. The molecule has 5 rings (SSSR count). The molecule has 33 heavy (non-hydrogen) atoms. The lowest BCUT2D eigenvalue weighted by Crippen LogP contribution is -2.50. The number of fused-ring (bicyclic) bond motifs is 1. The topological polar surface area (TPSA) is 136 Å². The number of hydrogen-bond donors (Lipinski definition) is 2. The Morgan fingerprint density at radius 3 is 2.64 bits per heavy atom. The van der Waals surface area contributed by atoms with Crippen molar-refractivity contribution in [2.45, 2.75) is 54.9 Å². The van der Waals surface area contributed by atoms with Gasteiger partial charge in [-0.15, -0.1) is 0 Å². The van der Waals surface area contributed by atoms with Gasteiger partial charge in [0.2, 0.25) is 5.95 Å². The lowest BCUT2D eigenvalue weighted by molar-refractivity contribution is 0.101. The SMILES string of the molecule is NC(=O)OCC1(Nc2nc(N3CCC(c4ncc(Cl)cn4)CC3)nc3c2[S@](=O)CC3)CCC1. The number of carbonyl (C=O) groups excluding carboxylic acids is 1. The number of nitrogens with two attached hydrogens (primary N) is 1. The molecule has 0 unspecified atom stereocenters. The minimum Gasteiger partial charge on any atom is -0.447 e. The van der Waals surface area contributed by atoms with E-state index in [0.29, 0.717) is 33.9 Å². The van der Waals surface area contributed by atoms with E-state index < -0.39 is 22.4 Å². The van der Waals surface area contributed by atoms with Crippen molar-refractivity contribution < 1.29 is 13.7 Å². The van der Waals surface area contributed by atoms with Crippen molar-refractivity contribution in [1.29, 1.82) is 0 Å². The highest BCUT2D eigenvalue weighted by molar-refractivity contribution is 7.85. The summed E-state index contributed by atoms with van der Waals surface area (Å²) in [5, 5.41) is 3.99. The molecule has 0 radical (unpaired) electrons. The molecule has 2 aliphatic heterocycles. The van der Waals surface area contributed by atoms with Gasteiger partial charge in [0.25, 0.3) is 0 Å². The maximum absolute atomic E-state index is 12.7. The van der Waals surface area contributed by atoms with Crippen LogP contribution in [0, 0.1) is 0 Å². The number of rotatable bonds is 6. The summed E-state index contributed by atoms with van der Waals surface area (Å²) in [4.78, 5) is 32.3. The minimum absolute atomic E-state index is 0.162. The van der Waals surface area contributed by atoms with Crippen molar-refractivity contribution in [2.75, 3.05) is 35.7 Å². The smallest absolute Gasteiger partial charge is 0.404 e. The molecule has 176 valence electrons. The molecule has 2 aromatic rings. The van der Waals surface area contributed by atoms with E-state index in [4.69, 9.17) is 32.0 Å². The van der Waals surface area contributed by atoms with Crippen LogP contribution in [0.1, 0.15) is 49.5 Å². The molecule has 0 bridgehead atoms. The first-order valence-corrected chi connectivity index (χ1v) is 12.8. The fraction of sp³-hybridized carbons (Fsp3) is 0.571. The molecule has 1 atom stereocenters. The maximum atomic E-state index is 12.7. The normalized spacial score (nSPS) is 21.8. The van der Waals surface area contributed by atoms with Gasteiger partial charge in [0.15, 0.2) is 0 Å². The highest BCUT2D eigenvalue weighted by atomic mass is 35.5. The van der Waals surface area contributed by atoms with Gasteiger partial charge in [-0.05, 0) is 32.1 Å². The van der Waals surface area contributed by atoms with E-state index in [9.17, 15) is 9.00 Å². The van der Waals surface area contributed by atoms with Crippen molar-refractivity contribution in [3.8, 4) is 0 Å². The number of nitrogens with zero attached hydrogens (tertiary/aromatic N) is 5. The predicted octanol–water partition coefficient (Wildman–Crippen LogP) is 2.40. The molecule has 4 heterocycles. The third-order valence-electron chi connectivity index (χ3n) is 6.64. The van der Waals surface area contributed by atoms with Gasteiger partial charge in [-0.3, -0.25) is 4.21 Å². The van der Waals surface area contributed by atoms with Crippen LogP contribution in [-0.4, -0.2) is 61.2 Å². The molecule has 3 N–H and O–H groups in total. The van der Waals surface area contributed by atoms with Crippen LogP contribution in [0.2, 0.25) is 5.02 Å². The first-order valence-electron chi connectivity index (χ1n) is 11.1. The molecule has 1 aliphatic carbocycles. The summed E-state index contributed by atoms with van der Waals surface area (Å²) >= 11 is 5.91. The second-order valence-corrected chi connectivity index (χ2v) is 10.8. The number of anilines is 2. The number of halogens is 1. The van der Waals surface area contributed by atoms with Crippen molar-refractivity contribution >= 4 is 40.3 Å². The molecular formula is C21H26ClN7O3S. The van der Waals surface area contributed by atoms with E-state index in [1.165, 1.54) is 0 Å². The fourth-order valence-corrected chi connectivity index (χ4v) is 6.05. The Kier molecular flexibility index (Phi) is 6.09. The number of aromatic nitrogens is 4. The van der Waals surface area contributed by atoms with Gasteiger partial charge in [-0.25, -0.2) is 19.7 Å². The highest BCUT2D eigenvalue weighted by Gasteiger charge is 2.41. The van der Waals surface area contributed by atoms with E-state index in [-0.39, 0.29) is 12.5 Å². The molecule has 0 spiro atoms. The van der Waals surface area contributed by atoms with Crippen molar-refractivity contribution in [3.05, 3.63) is 28.9 Å². The van der Waals surface area contributed by atoms with Gasteiger partial charge < -0.3 is 20.7 Å². The van der Waals surface area contributed by atoms with Crippen LogP contribution in [0.25, 0.3) is 0 Å². The molecule has 3 aliphatic rings. The second kappa shape index (κ2) is 9.02. The quantitative estimate of drug-likeness (QED) is 0.623. The van der Waals surface area contributed by atoms with E-state index in [0.717, 1.165) is 56.7 Å². The summed E-state index contributed by atoms with van der Waals surface area (Å²) in [6.07, 6.45) is 7.56. The van der Waals surface area contributed by atoms with Gasteiger partial charge in [-0.1, -0.05) is 11.6 Å². The molecule has 1 saturated heterocycles. The minimum atomic E-state index is -1.15. The summed E-state index contributed by atoms with van der Waals surface area (Å²) < 4.78 is 17.8. The molecular weight excluding hydrogens is 466 g/mol. The Morgan fingerprint density at radius 2 is 2.00 bits per heavy atom. The number of ether oxygens (including phenoxy) is 1. The molecule has 2 fully saturated rings. The summed E-state index contributed by atoms with van der Waals surface area (Å²) in [6.45, 7) is 1.71. The summed E-state index contributed by atoms with van der Waals surface area (Å²) in [7, 11) is -1.15. The van der Waals surface area contributed by atoms with Crippen molar-refractivity contribution in [1.82, 2.24) is 19.9 Å². The molecule has 1 amide bonds. The van der Waals surface area contributed by atoms with Crippen LogP contribution in [0.3, 0.4) is 0 Å². The number of amides is 1. The van der Waals surface area contributed by atoms with E-state index in [1.54, 1.807) is 12.4 Å². The number of carbonyl (C=O) groups is 1. The van der Waals surface area contributed by atoms with Gasteiger partial charge >= 0.3 is 6.09 Å². The highest BCUT2D eigenvalue weighted by Crippen LogP contribution is 2.39. The number of primary amides is 1. The van der Waals surface area contributed by atoms with Crippen molar-refractivity contribution in [2.24, 2.45) is 5.73 Å². The average molecular weight is 492 g/mol.